The van der Waals surface area contributed by atoms with Crippen molar-refractivity contribution >= 4 is 79.3 Å². The van der Waals surface area contributed by atoms with E-state index in [1.807, 2.05) is 42.5 Å². The van der Waals surface area contributed by atoms with Crippen molar-refractivity contribution < 1.29 is 14.4 Å². The molecule has 0 atom stereocenters. The monoisotopic (exact) mass is 616 g/mol. The Hall–Kier alpha value is -5.45. The molecule has 0 saturated carbocycles. The highest BCUT2D eigenvalue weighted by molar-refractivity contribution is 7.60. The predicted molar refractivity (Wildman–Crippen MR) is 191 cm³/mol. The Morgan fingerprint density at radius 3 is 1.11 bits per heavy atom. The first kappa shape index (κ1) is 28.1. The summed E-state index contributed by atoms with van der Waals surface area (Å²) in [4.78, 5) is 24.0. The molecule has 8 rings (SSSR count). The fourth-order valence-electron chi connectivity index (χ4n) is 6.54. The molecular formula is C40H29N2O3P. The maximum absolute atomic E-state index is 12.0. The van der Waals surface area contributed by atoms with Gasteiger partial charge in [0.1, 0.15) is 0 Å². The topological polar surface area (TPSA) is 64.0 Å². The van der Waals surface area contributed by atoms with Crippen molar-refractivity contribution in [3.8, 4) is 0 Å². The van der Waals surface area contributed by atoms with Crippen LogP contribution in [0.4, 0.5) is 34.1 Å². The van der Waals surface area contributed by atoms with Crippen LogP contribution in [-0.4, -0.2) is 9.79 Å². The van der Waals surface area contributed by atoms with E-state index in [0.29, 0.717) is 0 Å². The van der Waals surface area contributed by atoms with Gasteiger partial charge in [0.25, 0.3) is 0 Å². The zero-order chi connectivity index (χ0) is 31.3. The summed E-state index contributed by atoms with van der Waals surface area (Å²) in [7, 11) is -4.37. The summed E-state index contributed by atoms with van der Waals surface area (Å²) in [6, 6.07) is 55.0. The lowest BCUT2D eigenvalue weighted by Crippen LogP contribution is -2.12. The third kappa shape index (κ3) is 4.79. The normalized spacial score (nSPS) is 11.8. The highest BCUT2D eigenvalue weighted by Gasteiger charge is 2.22. The van der Waals surface area contributed by atoms with Gasteiger partial charge in [0.05, 0.1) is 16.7 Å². The molecule has 0 bridgehead atoms. The van der Waals surface area contributed by atoms with E-state index >= 15 is 0 Å². The summed E-state index contributed by atoms with van der Waals surface area (Å²) in [5, 5.41) is 6.89. The molecule has 0 radical (unpaired) electrons. The Bertz CT molecular complexity index is 2320. The lowest BCUT2D eigenvalue weighted by atomic mass is 9.91. The molecule has 0 spiro atoms. The van der Waals surface area contributed by atoms with Crippen molar-refractivity contribution in [3.63, 3.8) is 0 Å². The first-order valence-electron chi connectivity index (χ1n) is 15.1. The van der Waals surface area contributed by atoms with Crippen LogP contribution in [0.2, 0.25) is 0 Å². The second kappa shape index (κ2) is 11.2. The van der Waals surface area contributed by atoms with Crippen LogP contribution < -0.4 is 15.1 Å². The minimum Gasteiger partial charge on any atom is -0.321 e. The molecule has 2 N–H and O–H groups in total. The van der Waals surface area contributed by atoms with Gasteiger partial charge >= 0.3 is 7.60 Å². The molecule has 0 aliphatic heterocycles. The van der Waals surface area contributed by atoms with E-state index in [1.54, 1.807) is 12.1 Å². The van der Waals surface area contributed by atoms with E-state index in [-0.39, 0.29) is 5.30 Å². The highest BCUT2D eigenvalue weighted by atomic mass is 31.2. The molecule has 6 heteroatoms. The summed E-state index contributed by atoms with van der Waals surface area (Å²) in [6.45, 7) is 0. The molecule has 0 aromatic heterocycles. The van der Waals surface area contributed by atoms with Gasteiger partial charge in [0.15, 0.2) is 0 Å². The first-order valence-corrected chi connectivity index (χ1v) is 16.7. The Morgan fingerprint density at radius 1 is 0.391 bits per heavy atom. The standard InChI is InChI=1S/C40H29N2O3P/c43-46(44,45)34-22-20-33(21-23-34)42(32-14-8-3-9-15-32)38-27-19-29-16-24-35-37(26-18-28-17-25-36(38)40(29)39(28)35)41(30-10-4-1-5-11-30)31-12-6-2-7-13-31/h1-27H,(H2,43,44,45). The van der Waals surface area contributed by atoms with E-state index in [1.165, 1.54) is 22.9 Å². The fourth-order valence-corrected chi connectivity index (χ4v) is 7.08. The number of nitrogens with zero attached hydrogens (tertiary/aromatic N) is 2. The fraction of sp³-hybridized carbons (Fsp3) is 0. The van der Waals surface area contributed by atoms with E-state index in [9.17, 15) is 14.4 Å². The van der Waals surface area contributed by atoms with Crippen LogP contribution in [0, 0.1) is 0 Å². The quantitative estimate of drug-likeness (QED) is 0.138. The zero-order valence-electron chi connectivity index (χ0n) is 24.7. The molecular weight excluding hydrogens is 587 g/mol. The van der Waals surface area contributed by atoms with Gasteiger partial charge in [-0.1, -0.05) is 91.0 Å². The summed E-state index contributed by atoms with van der Waals surface area (Å²) < 4.78 is 12.0. The van der Waals surface area contributed by atoms with Gasteiger partial charge < -0.3 is 19.6 Å². The third-order valence-electron chi connectivity index (χ3n) is 8.59. The summed E-state index contributed by atoms with van der Waals surface area (Å²) in [5.41, 5.74) is 5.99. The van der Waals surface area contributed by atoms with E-state index < -0.39 is 7.60 Å². The van der Waals surface area contributed by atoms with Gasteiger partial charge in [-0.25, -0.2) is 0 Å². The van der Waals surface area contributed by atoms with Gasteiger partial charge in [-0.2, -0.15) is 0 Å². The zero-order valence-corrected chi connectivity index (χ0v) is 25.6. The van der Waals surface area contributed by atoms with Crippen LogP contribution in [0.15, 0.2) is 164 Å². The van der Waals surface area contributed by atoms with Crippen LogP contribution in [-0.2, 0) is 4.57 Å². The molecule has 0 saturated heterocycles. The van der Waals surface area contributed by atoms with E-state index in [4.69, 9.17) is 0 Å². The molecule has 8 aromatic rings. The summed E-state index contributed by atoms with van der Waals surface area (Å²) in [6.07, 6.45) is 0. The smallest absolute Gasteiger partial charge is 0.321 e. The van der Waals surface area contributed by atoms with Crippen molar-refractivity contribution in [1.29, 1.82) is 0 Å². The number of para-hydroxylation sites is 3. The third-order valence-corrected chi connectivity index (χ3v) is 9.56. The molecule has 0 fully saturated rings. The lowest BCUT2D eigenvalue weighted by Gasteiger charge is -2.29. The van der Waals surface area contributed by atoms with Crippen molar-refractivity contribution in [3.05, 3.63) is 164 Å². The van der Waals surface area contributed by atoms with E-state index in [2.05, 4.69) is 107 Å². The van der Waals surface area contributed by atoms with Crippen LogP contribution >= 0.6 is 7.60 Å². The lowest BCUT2D eigenvalue weighted by molar-refractivity contribution is 0.387. The maximum atomic E-state index is 12.0. The average molecular weight is 617 g/mol. The molecule has 0 aliphatic carbocycles. The summed E-state index contributed by atoms with van der Waals surface area (Å²) in [5.74, 6) is 0. The Morgan fingerprint density at radius 2 is 0.739 bits per heavy atom. The Kier molecular flexibility index (Phi) is 6.81. The number of anilines is 6. The average Bonchev–Trinajstić information content (AvgIpc) is 3.10. The van der Waals surface area contributed by atoms with E-state index in [0.717, 1.165) is 55.7 Å². The van der Waals surface area contributed by atoms with Crippen molar-refractivity contribution in [1.82, 2.24) is 0 Å². The van der Waals surface area contributed by atoms with Crippen LogP contribution in [0.5, 0.6) is 0 Å². The molecule has 0 unspecified atom stereocenters. The number of hydrogen-bond donors (Lipinski definition) is 2. The minimum atomic E-state index is -4.37. The number of hydrogen-bond acceptors (Lipinski definition) is 3. The Balaban J connectivity index is 1.39. The van der Waals surface area contributed by atoms with Gasteiger partial charge in [0.2, 0.25) is 0 Å². The number of rotatable bonds is 7. The predicted octanol–water partition coefficient (Wildman–Crippen LogP) is 10.3. The Labute approximate surface area is 266 Å². The minimum absolute atomic E-state index is 0.00596. The highest BCUT2D eigenvalue weighted by Crippen LogP contribution is 2.47. The van der Waals surface area contributed by atoms with Crippen LogP contribution in [0.25, 0.3) is 32.3 Å². The van der Waals surface area contributed by atoms with Gasteiger partial charge in [-0.3, -0.25) is 4.57 Å². The molecule has 46 heavy (non-hydrogen) atoms. The summed E-state index contributed by atoms with van der Waals surface area (Å²) >= 11 is 0. The molecule has 0 amide bonds. The van der Waals surface area contributed by atoms with Crippen molar-refractivity contribution in [2.45, 2.75) is 0 Å². The second-order valence-corrected chi connectivity index (χ2v) is 12.9. The van der Waals surface area contributed by atoms with Gasteiger partial charge in [-0.15, -0.1) is 0 Å². The molecule has 222 valence electrons. The number of benzene rings is 8. The molecule has 5 nitrogen and oxygen atoms in total. The molecule has 0 heterocycles. The van der Waals surface area contributed by atoms with Crippen LogP contribution in [0.3, 0.4) is 0 Å². The molecule has 0 aliphatic rings. The first-order chi connectivity index (χ1) is 22.5. The molecule has 8 aromatic carbocycles. The van der Waals surface area contributed by atoms with Gasteiger partial charge in [0, 0.05) is 33.5 Å². The van der Waals surface area contributed by atoms with Crippen LogP contribution in [0.1, 0.15) is 0 Å². The maximum Gasteiger partial charge on any atom is 0.356 e. The van der Waals surface area contributed by atoms with Gasteiger partial charge in [-0.05, 0) is 94.3 Å². The van der Waals surface area contributed by atoms with Crippen molar-refractivity contribution in [2.75, 3.05) is 9.80 Å². The largest absolute Gasteiger partial charge is 0.356 e. The SMILES string of the molecule is O=P(O)(O)c1ccc(N(c2ccccc2)c2ccc3ccc4c(N(c5ccccc5)c5ccccc5)ccc5ccc2c3c54)cc1. The van der Waals surface area contributed by atoms with Crippen molar-refractivity contribution in [2.24, 2.45) is 0 Å². The second-order valence-electron chi connectivity index (χ2n) is 11.3.